The van der Waals surface area contributed by atoms with Gasteiger partial charge < -0.3 is 5.32 Å². The number of rotatable bonds is 5. The number of fused-ring (bicyclic) bond motifs is 9. The topological polar surface area (TPSA) is 49.6 Å². The molecule has 1 atom stereocenters. The predicted octanol–water partition coefficient (Wildman–Crippen LogP) is 12.7. The molecule has 2 aromatic heterocycles. The monoisotopic (exact) mass is 720 g/mol. The Bertz CT molecular complexity index is 3130. The molecule has 0 saturated heterocycles. The van der Waals surface area contributed by atoms with Gasteiger partial charge in [-0.25, -0.2) is 9.98 Å². The zero-order valence-electron chi connectivity index (χ0n) is 29.6. The van der Waals surface area contributed by atoms with Crippen molar-refractivity contribution >= 4 is 75.5 Å². The molecule has 11 rings (SSSR count). The standard InChI is InChI=1S/C50H32N4S/c1-3-12-31(13-4-1)48-52-49(32-14-5-2-6-15-32)54-50(53-48)41-20-11-21-46-47(41)43-29-34(24-27-45(43)55-46)44-26-23-35(30-51-44)33-22-25-40-38-18-8-7-16-36(38)37-17-9-10-19-39(37)42(40)28-33/h1-30,48H,(H,52,53,54). The summed E-state index contributed by atoms with van der Waals surface area (Å²) in [4.78, 5) is 15.3. The van der Waals surface area contributed by atoms with Crippen LogP contribution in [-0.4, -0.2) is 16.7 Å². The van der Waals surface area contributed by atoms with E-state index in [1.165, 1.54) is 52.5 Å². The molecule has 4 nitrogen and oxygen atoms in total. The van der Waals surface area contributed by atoms with Gasteiger partial charge in [0.05, 0.1) is 5.69 Å². The first kappa shape index (κ1) is 31.6. The molecule has 3 heterocycles. The summed E-state index contributed by atoms with van der Waals surface area (Å²) in [7, 11) is 0. The van der Waals surface area contributed by atoms with Gasteiger partial charge in [-0.3, -0.25) is 4.98 Å². The highest BCUT2D eigenvalue weighted by Crippen LogP contribution is 2.40. The maximum absolute atomic E-state index is 5.15. The van der Waals surface area contributed by atoms with Gasteiger partial charge in [-0.1, -0.05) is 146 Å². The van der Waals surface area contributed by atoms with E-state index in [9.17, 15) is 0 Å². The molecule has 55 heavy (non-hydrogen) atoms. The highest BCUT2D eigenvalue weighted by atomic mass is 32.1. The Hall–Kier alpha value is -6.95. The average Bonchev–Trinajstić information content (AvgIpc) is 3.65. The van der Waals surface area contributed by atoms with Crippen LogP contribution in [0.3, 0.4) is 0 Å². The molecule has 0 fully saturated rings. The number of hydrogen-bond donors (Lipinski definition) is 1. The van der Waals surface area contributed by atoms with Crippen LogP contribution in [0.15, 0.2) is 192 Å². The molecule has 8 aromatic carbocycles. The molecule has 1 aliphatic rings. The quantitative estimate of drug-likeness (QED) is 0.180. The number of thiophene rings is 1. The highest BCUT2D eigenvalue weighted by molar-refractivity contribution is 7.25. The Morgan fingerprint density at radius 1 is 0.455 bits per heavy atom. The minimum Gasteiger partial charge on any atom is -0.344 e. The number of amidine groups is 2. The molecule has 0 amide bonds. The van der Waals surface area contributed by atoms with Gasteiger partial charge in [0.15, 0.2) is 5.84 Å². The Morgan fingerprint density at radius 3 is 1.82 bits per heavy atom. The number of benzene rings is 8. The minimum absolute atomic E-state index is 0.261. The van der Waals surface area contributed by atoms with Crippen LogP contribution in [0.1, 0.15) is 22.9 Å². The average molecular weight is 721 g/mol. The molecule has 1 N–H and O–H groups in total. The molecule has 5 heteroatoms. The molecule has 0 saturated carbocycles. The smallest absolute Gasteiger partial charge is 0.159 e. The number of hydrogen-bond acceptors (Lipinski definition) is 5. The van der Waals surface area contributed by atoms with Crippen LogP contribution < -0.4 is 5.32 Å². The molecule has 10 aromatic rings. The third kappa shape index (κ3) is 5.39. The summed E-state index contributed by atoms with van der Waals surface area (Å²) in [5.74, 6) is 1.54. The van der Waals surface area contributed by atoms with E-state index in [0.717, 1.165) is 50.7 Å². The summed E-state index contributed by atoms with van der Waals surface area (Å²) in [6.07, 6.45) is 1.75. The second kappa shape index (κ2) is 12.9. The SMILES string of the molecule is c1ccc(C2=NC(c3ccccc3)NC(c3cccc4sc5ccc(-c6ccc(-c7ccc8c9ccccc9c9ccccc9c8c7)cn6)cc5c34)=N2)cc1. The molecule has 258 valence electrons. The molecule has 0 aliphatic carbocycles. The van der Waals surface area contributed by atoms with Crippen LogP contribution in [0.2, 0.25) is 0 Å². The molecule has 0 radical (unpaired) electrons. The Balaban J connectivity index is 0.986. The molecular formula is C50H32N4S. The fraction of sp³-hybridized carbons (Fsp3) is 0.0200. The van der Waals surface area contributed by atoms with Crippen LogP contribution >= 0.6 is 11.3 Å². The van der Waals surface area contributed by atoms with Crippen molar-refractivity contribution in [3.8, 4) is 22.4 Å². The molecule has 1 unspecified atom stereocenters. The van der Waals surface area contributed by atoms with E-state index in [1.54, 1.807) is 11.3 Å². The third-order valence-electron chi connectivity index (χ3n) is 10.8. The maximum atomic E-state index is 5.15. The zero-order valence-corrected chi connectivity index (χ0v) is 30.5. The van der Waals surface area contributed by atoms with Crippen molar-refractivity contribution in [1.29, 1.82) is 0 Å². The van der Waals surface area contributed by atoms with Crippen molar-refractivity contribution in [3.63, 3.8) is 0 Å². The Kier molecular flexibility index (Phi) is 7.39. The second-order valence-corrected chi connectivity index (χ2v) is 15.1. The highest BCUT2D eigenvalue weighted by Gasteiger charge is 2.23. The first-order chi connectivity index (χ1) is 27.2. The lowest BCUT2D eigenvalue weighted by Crippen LogP contribution is -2.33. The van der Waals surface area contributed by atoms with Crippen molar-refractivity contribution in [2.45, 2.75) is 6.17 Å². The number of pyridine rings is 1. The van der Waals surface area contributed by atoms with Crippen LogP contribution in [-0.2, 0) is 0 Å². The second-order valence-electron chi connectivity index (χ2n) is 14.0. The number of nitrogens with zero attached hydrogens (tertiary/aromatic N) is 3. The van der Waals surface area contributed by atoms with E-state index < -0.39 is 0 Å². The number of aliphatic imine (C=N–C) groups is 2. The van der Waals surface area contributed by atoms with Gasteiger partial charge in [0.1, 0.15) is 12.0 Å². The van der Waals surface area contributed by atoms with E-state index in [1.807, 2.05) is 30.5 Å². The largest absolute Gasteiger partial charge is 0.344 e. The number of nitrogens with one attached hydrogen (secondary N) is 1. The molecular weight excluding hydrogens is 689 g/mol. The van der Waals surface area contributed by atoms with Gasteiger partial charge in [0.25, 0.3) is 0 Å². The maximum Gasteiger partial charge on any atom is 0.159 e. The first-order valence-corrected chi connectivity index (χ1v) is 19.4. The molecule has 1 aliphatic heterocycles. The van der Waals surface area contributed by atoms with Gasteiger partial charge in [-0.15, -0.1) is 11.3 Å². The Labute approximate surface area is 321 Å². The fourth-order valence-electron chi connectivity index (χ4n) is 8.11. The molecule has 0 spiro atoms. The van der Waals surface area contributed by atoms with Crippen molar-refractivity contribution in [2.75, 3.05) is 0 Å². The van der Waals surface area contributed by atoms with Crippen LogP contribution in [0, 0.1) is 0 Å². The lowest BCUT2D eigenvalue weighted by molar-refractivity contribution is 0.674. The summed E-state index contributed by atoms with van der Waals surface area (Å²) < 4.78 is 2.45. The van der Waals surface area contributed by atoms with E-state index in [-0.39, 0.29) is 6.17 Å². The van der Waals surface area contributed by atoms with E-state index in [0.29, 0.717) is 0 Å². The Morgan fingerprint density at radius 2 is 1.09 bits per heavy atom. The van der Waals surface area contributed by atoms with E-state index in [2.05, 4.69) is 157 Å². The zero-order chi connectivity index (χ0) is 36.3. The minimum atomic E-state index is -0.261. The van der Waals surface area contributed by atoms with Gasteiger partial charge in [0.2, 0.25) is 0 Å². The molecule has 0 bridgehead atoms. The van der Waals surface area contributed by atoms with E-state index in [4.69, 9.17) is 15.0 Å². The van der Waals surface area contributed by atoms with Crippen LogP contribution in [0.5, 0.6) is 0 Å². The first-order valence-electron chi connectivity index (χ1n) is 18.5. The van der Waals surface area contributed by atoms with Gasteiger partial charge >= 0.3 is 0 Å². The van der Waals surface area contributed by atoms with Crippen LogP contribution in [0.25, 0.3) is 74.9 Å². The lowest BCUT2D eigenvalue weighted by atomic mass is 9.92. The lowest BCUT2D eigenvalue weighted by Gasteiger charge is -2.24. The van der Waals surface area contributed by atoms with Crippen molar-refractivity contribution in [1.82, 2.24) is 10.3 Å². The van der Waals surface area contributed by atoms with E-state index >= 15 is 0 Å². The van der Waals surface area contributed by atoms with Crippen molar-refractivity contribution < 1.29 is 0 Å². The van der Waals surface area contributed by atoms with Crippen LogP contribution in [0.4, 0.5) is 0 Å². The van der Waals surface area contributed by atoms with Gasteiger partial charge in [0, 0.05) is 48.6 Å². The predicted molar refractivity (Wildman–Crippen MR) is 232 cm³/mol. The fourth-order valence-corrected chi connectivity index (χ4v) is 9.23. The summed E-state index contributed by atoms with van der Waals surface area (Å²) in [6.45, 7) is 0. The van der Waals surface area contributed by atoms with Gasteiger partial charge in [-0.05, 0) is 73.8 Å². The normalized spacial score (nSPS) is 14.4. The van der Waals surface area contributed by atoms with Crippen molar-refractivity contribution in [3.05, 3.63) is 199 Å². The third-order valence-corrected chi connectivity index (χ3v) is 11.9. The summed E-state index contributed by atoms with van der Waals surface area (Å²) in [6, 6.07) is 62.4. The summed E-state index contributed by atoms with van der Waals surface area (Å²) >= 11 is 1.81. The number of aromatic nitrogens is 1. The van der Waals surface area contributed by atoms with Crippen molar-refractivity contribution in [2.24, 2.45) is 9.98 Å². The summed E-state index contributed by atoms with van der Waals surface area (Å²) in [5.41, 5.74) is 7.42. The summed E-state index contributed by atoms with van der Waals surface area (Å²) in [5, 5.41) is 13.7. The van der Waals surface area contributed by atoms with Gasteiger partial charge in [-0.2, -0.15) is 0 Å².